The van der Waals surface area contributed by atoms with Crippen molar-refractivity contribution in [2.24, 2.45) is 5.73 Å². The van der Waals surface area contributed by atoms with E-state index < -0.39 is 5.91 Å². The Morgan fingerprint density at radius 1 is 1.14 bits per heavy atom. The molecule has 0 unspecified atom stereocenters. The van der Waals surface area contributed by atoms with E-state index in [9.17, 15) is 9.59 Å². The van der Waals surface area contributed by atoms with Gasteiger partial charge in [-0.15, -0.1) is 0 Å². The number of hydrogen-bond acceptors (Lipinski definition) is 7. The molecule has 0 atom stereocenters. The highest BCUT2D eigenvalue weighted by atomic mass is 16.5. The molecule has 0 saturated heterocycles. The number of nitrogens with zero attached hydrogens (tertiary/aromatic N) is 4. The first-order chi connectivity index (χ1) is 13.4. The van der Waals surface area contributed by atoms with Crippen molar-refractivity contribution in [1.29, 1.82) is 0 Å². The largest absolute Gasteiger partial charge is 0.467 e. The second-order valence-electron chi connectivity index (χ2n) is 6.33. The van der Waals surface area contributed by atoms with Crippen LogP contribution in [0.1, 0.15) is 19.9 Å². The number of primary amides is 1. The Kier molecular flexibility index (Phi) is 5.35. The number of anilines is 1. The molecule has 0 saturated carbocycles. The number of nitrogen functional groups attached to an aromatic ring is 1. The smallest absolute Gasteiger partial charge is 0.267 e. The summed E-state index contributed by atoms with van der Waals surface area (Å²) < 4.78 is 6.84. The van der Waals surface area contributed by atoms with E-state index in [1.165, 1.54) is 10.7 Å². The summed E-state index contributed by atoms with van der Waals surface area (Å²) in [4.78, 5) is 31.8. The molecule has 2 aromatic heterocycles. The van der Waals surface area contributed by atoms with Gasteiger partial charge in [-0.3, -0.25) is 9.59 Å². The summed E-state index contributed by atoms with van der Waals surface area (Å²) in [6.45, 7) is 3.31. The van der Waals surface area contributed by atoms with E-state index in [-0.39, 0.29) is 30.0 Å². The third-order valence-corrected chi connectivity index (χ3v) is 3.86. The highest BCUT2D eigenvalue weighted by Gasteiger charge is 2.21. The fraction of sp³-hybridized carbons (Fsp3) is 0.211. The molecule has 0 aliphatic heterocycles. The van der Waals surface area contributed by atoms with Gasteiger partial charge >= 0.3 is 0 Å². The van der Waals surface area contributed by atoms with Crippen molar-refractivity contribution in [3.8, 4) is 28.4 Å². The molecule has 9 heteroatoms. The summed E-state index contributed by atoms with van der Waals surface area (Å²) in [5.41, 5.74) is 12.9. The van der Waals surface area contributed by atoms with E-state index in [1.807, 2.05) is 44.2 Å². The molecule has 0 aliphatic rings. The summed E-state index contributed by atoms with van der Waals surface area (Å²) in [5, 5.41) is 4.43. The van der Waals surface area contributed by atoms with Crippen LogP contribution in [0.25, 0.3) is 22.5 Å². The summed E-state index contributed by atoms with van der Waals surface area (Å²) in [5.74, 6) is -0.629. The zero-order valence-corrected chi connectivity index (χ0v) is 15.5. The van der Waals surface area contributed by atoms with Crippen molar-refractivity contribution in [1.82, 2.24) is 19.7 Å². The Balaban J connectivity index is 2.29. The molecule has 0 aliphatic carbocycles. The van der Waals surface area contributed by atoms with Crippen LogP contribution in [-0.4, -0.2) is 32.3 Å². The molecule has 1 aromatic carbocycles. The van der Waals surface area contributed by atoms with Gasteiger partial charge in [-0.2, -0.15) is 10.1 Å². The molecule has 0 spiro atoms. The van der Waals surface area contributed by atoms with E-state index >= 15 is 0 Å². The number of hydrogen-bond donors (Lipinski definition) is 2. The van der Waals surface area contributed by atoms with Crippen molar-refractivity contribution < 1.29 is 9.53 Å². The molecule has 144 valence electrons. The zero-order valence-electron chi connectivity index (χ0n) is 15.5. The van der Waals surface area contributed by atoms with Gasteiger partial charge < -0.3 is 16.2 Å². The number of aromatic nitrogens is 4. The van der Waals surface area contributed by atoms with Crippen LogP contribution in [0.5, 0.6) is 5.88 Å². The fourth-order valence-corrected chi connectivity index (χ4v) is 2.66. The van der Waals surface area contributed by atoms with Crippen molar-refractivity contribution in [3.63, 3.8) is 0 Å². The minimum Gasteiger partial charge on any atom is -0.467 e. The van der Waals surface area contributed by atoms with Crippen LogP contribution in [-0.2, 0) is 4.79 Å². The third-order valence-electron chi connectivity index (χ3n) is 3.86. The second-order valence-corrected chi connectivity index (χ2v) is 6.33. The Labute approximate surface area is 161 Å². The lowest BCUT2D eigenvalue weighted by molar-refractivity contribution is -0.120. The summed E-state index contributed by atoms with van der Waals surface area (Å²) in [6, 6.07) is 12.1. The quantitative estimate of drug-likeness (QED) is 0.659. The highest BCUT2D eigenvalue weighted by Crippen LogP contribution is 2.36. The van der Waals surface area contributed by atoms with Crippen LogP contribution in [0, 0.1) is 0 Å². The zero-order chi connectivity index (χ0) is 20.3. The maximum atomic E-state index is 12.1. The van der Waals surface area contributed by atoms with Gasteiger partial charge in [-0.25, -0.2) is 9.67 Å². The first-order valence-corrected chi connectivity index (χ1v) is 8.61. The Bertz CT molecular complexity index is 1060. The van der Waals surface area contributed by atoms with E-state index in [0.29, 0.717) is 17.0 Å². The van der Waals surface area contributed by atoms with E-state index in [1.54, 1.807) is 6.07 Å². The Morgan fingerprint density at radius 2 is 1.86 bits per heavy atom. The summed E-state index contributed by atoms with van der Waals surface area (Å²) in [7, 11) is 0. The molecule has 4 N–H and O–H groups in total. The summed E-state index contributed by atoms with van der Waals surface area (Å²) in [6.07, 6.45) is 0. The van der Waals surface area contributed by atoms with Crippen LogP contribution < -0.4 is 21.8 Å². The monoisotopic (exact) mass is 380 g/mol. The fourth-order valence-electron chi connectivity index (χ4n) is 2.66. The Hall–Kier alpha value is -3.75. The normalized spacial score (nSPS) is 10.8. The lowest BCUT2D eigenvalue weighted by Crippen LogP contribution is -2.24. The molecular formula is C19H20N6O3. The van der Waals surface area contributed by atoms with Gasteiger partial charge in [0, 0.05) is 11.6 Å². The molecule has 3 rings (SSSR count). The number of carbonyl (C=O) groups is 1. The standard InChI is InChI=1S/C19H20N6O3/c1-11(2)25-15(27)9-8-13(24-25)16-17(12-6-4-3-5-7-12)22-19(21)23-18(16)28-10-14(20)26/h3-9,11H,10H2,1-2H3,(H2,20,26)(H2,21,22,23). The molecule has 2 heterocycles. The molecule has 28 heavy (non-hydrogen) atoms. The van der Waals surface area contributed by atoms with Crippen molar-refractivity contribution in [2.45, 2.75) is 19.9 Å². The van der Waals surface area contributed by atoms with Crippen LogP contribution in [0.4, 0.5) is 5.95 Å². The topological polar surface area (TPSA) is 139 Å². The van der Waals surface area contributed by atoms with Gasteiger partial charge in [0.15, 0.2) is 6.61 Å². The lowest BCUT2D eigenvalue weighted by atomic mass is 10.0. The molecule has 0 bridgehead atoms. The van der Waals surface area contributed by atoms with Gasteiger partial charge in [0.05, 0.1) is 23.0 Å². The van der Waals surface area contributed by atoms with Crippen LogP contribution in [0.2, 0.25) is 0 Å². The average molecular weight is 380 g/mol. The maximum absolute atomic E-state index is 12.1. The van der Waals surface area contributed by atoms with Gasteiger partial charge in [-0.05, 0) is 19.9 Å². The number of amides is 1. The van der Waals surface area contributed by atoms with Crippen LogP contribution in [0.15, 0.2) is 47.3 Å². The number of nitrogens with two attached hydrogens (primary N) is 2. The lowest BCUT2D eigenvalue weighted by Gasteiger charge is -2.16. The van der Waals surface area contributed by atoms with Gasteiger partial charge in [-0.1, -0.05) is 30.3 Å². The highest BCUT2D eigenvalue weighted by molar-refractivity contribution is 5.83. The van der Waals surface area contributed by atoms with Gasteiger partial charge in [0.2, 0.25) is 11.8 Å². The van der Waals surface area contributed by atoms with Crippen LogP contribution >= 0.6 is 0 Å². The molecule has 9 nitrogen and oxygen atoms in total. The van der Waals surface area contributed by atoms with Crippen molar-refractivity contribution in [2.75, 3.05) is 12.3 Å². The van der Waals surface area contributed by atoms with Gasteiger partial charge in [0.1, 0.15) is 0 Å². The number of ether oxygens (including phenoxy) is 1. The first kappa shape index (κ1) is 19.0. The average Bonchev–Trinajstić information content (AvgIpc) is 2.67. The SMILES string of the molecule is CC(C)n1nc(-c2c(OCC(N)=O)nc(N)nc2-c2ccccc2)ccc1=O. The predicted octanol–water partition coefficient (Wildman–Crippen LogP) is 1.39. The molecule has 0 radical (unpaired) electrons. The van der Waals surface area contributed by atoms with Crippen molar-refractivity contribution >= 4 is 11.9 Å². The van der Waals surface area contributed by atoms with Crippen molar-refractivity contribution in [3.05, 3.63) is 52.8 Å². The molecule has 1 amide bonds. The minimum atomic E-state index is -0.662. The maximum Gasteiger partial charge on any atom is 0.267 e. The van der Waals surface area contributed by atoms with E-state index in [4.69, 9.17) is 16.2 Å². The van der Waals surface area contributed by atoms with Gasteiger partial charge in [0.25, 0.3) is 11.5 Å². The third kappa shape index (κ3) is 3.98. The predicted molar refractivity (Wildman–Crippen MR) is 104 cm³/mol. The second kappa shape index (κ2) is 7.87. The molecular weight excluding hydrogens is 360 g/mol. The first-order valence-electron chi connectivity index (χ1n) is 8.61. The number of rotatable bonds is 6. The number of benzene rings is 1. The minimum absolute atomic E-state index is 0.0285. The molecule has 0 fully saturated rings. The van der Waals surface area contributed by atoms with E-state index in [0.717, 1.165) is 5.56 Å². The number of carbonyl (C=O) groups excluding carboxylic acids is 1. The van der Waals surface area contributed by atoms with E-state index in [2.05, 4.69) is 15.1 Å². The Morgan fingerprint density at radius 3 is 2.50 bits per heavy atom. The van der Waals surface area contributed by atoms with Crippen LogP contribution in [0.3, 0.4) is 0 Å². The molecule has 3 aromatic rings. The summed E-state index contributed by atoms with van der Waals surface area (Å²) >= 11 is 0.